The summed E-state index contributed by atoms with van der Waals surface area (Å²) in [4.78, 5) is 19.6. The Labute approximate surface area is 128 Å². The molecule has 22 heavy (non-hydrogen) atoms. The molecule has 0 unspecified atom stereocenters. The summed E-state index contributed by atoms with van der Waals surface area (Å²) in [5.74, 6) is 0.816. The molecule has 4 N–H and O–H groups in total. The van der Waals surface area contributed by atoms with E-state index in [1.165, 1.54) is 0 Å². The van der Waals surface area contributed by atoms with Crippen molar-refractivity contribution >= 4 is 11.9 Å². The highest BCUT2D eigenvalue weighted by Gasteiger charge is 2.07. The zero-order valence-electron chi connectivity index (χ0n) is 12.4. The van der Waals surface area contributed by atoms with Crippen LogP contribution in [0.2, 0.25) is 0 Å². The number of amides is 1. The summed E-state index contributed by atoms with van der Waals surface area (Å²) in [5, 5.41) is 6.26. The number of hydrogen-bond acceptors (Lipinski definition) is 4. The lowest BCUT2D eigenvalue weighted by Crippen LogP contribution is -2.36. The van der Waals surface area contributed by atoms with Crippen LogP contribution in [0.15, 0.2) is 45.9 Å². The second kappa shape index (κ2) is 7.82. The third-order valence-electron chi connectivity index (χ3n) is 2.80. The highest BCUT2D eigenvalue weighted by molar-refractivity contribution is 5.89. The van der Waals surface area contributed by atoms with Crippen molar-refractivity contribution < 1.29 is 9.21 Å². The topological polar surface area (TPSA) is 106 Å². The fraction of sp³-hybridized carbons (Fsp3) is 0.267. The van der Waals surface area contributed by atoms with Gasteiger partial charge >= 0.3 is 0 Å². The molecule has 0 spiro atoms. The Bertz CT molecular complexity index is 636. The Morgan fingerprint density at radius 2 is 2.18 bits per heavy atom. The Hall–Kier alpha value is -2.83. The van der Waals surface area contributed by atoms with Crippen molar-refractivity contribution in [1.29, 1.82) is 0 Å². The minimum absolute atomic E-state index is 0.146. The van der Waals surface area contributed by atoms with Gasteiger partial charge < -0.3 is 20.8 Å². The number of carbonyl (C=O) groups is 1. The predicted molar refractivity (Wildman–Crippen MR) is 83.1 cm³/mol. The summed E-state index contributed by atoms with van der Waals surface area (Å²) in [7, 11) is 0. The lowest BCUT2D eigenvalue weighted by atomic mass is 10.3. The zero-order chi connectivity index (χ0) is 15.8. The molecule has 0 saturated carbocycles. The van der Waals surface area contributed by atoms with Crippen LogP contribution in [0.3, 0.4) is 0 Å². The number of aromatic nitrogens is 1. The first kappa shape index (κ1) is 15.6. The molecule has 0 saturated heterocycles. The van der Waals surface area contributed by atoms with Crippen LogP contribution < -0.4 is 16.4 Å². The van der Waals surface area contributed by atoms with E-state index in [0.29, 0.717) is 24.8 Å². The van der Waals surface area contributed by atoms with Gasteiger partial charge in [-0.3, -0.25) is 9.78 Å². The summed E-state index contributed by atoms with van der Waals surface area (Å²) in [6.07, 6.45) is 1.74. The van der Waals surface area contributed by atoms with E-state index in [1.807, 2.05) is 25.1 Å². The maximum atomic E-state index is 11.0. The smallest absolute Gasteiger partial charge is 0.284 e. The largest absolute Gasteiger partial charge is 0.454 e. The molecule has 7 nitrogen and oxygen atoms in total. The van der Waals surface area contributed by atoms with E-state index in [-0.39, 0.29) is 5.76 Å². The van der Waals surface area contributed by atoms with Crippen molar-refractivity contribution in [3.05, 3.63) is 53.7 Å². The van der Waals surface area contributed by atoms with Crippen molar-refractivity contribution in [2.45, 2.75) is 20.0 Å². The number of nitrogens with two attached hydrogens (primary N) is 1. The van der Waals surface area contributed by atoms with Crippen LogP contribution in [-0.4, -0.2) is 23.4 Å². The Kier molecular flexibility index (Phi) is 5.53. The monoisotopic (exact) mass is 301 g/mol. The van der Waals surface area contributed by atoms with E-state index in [1.54, 1.807) is 18.3 Å². The quantitative estimate of drug-likeness (QED) is 0.546. The standard InChI is InChI=1S/C15H19N5O2/c1-2-17-15(19-9-11-5-3-4-8-18-11)20-10-12-6-7-13(22-12)14(16)21/h3-8H,2,9-10H2,1H3,(H2,16,21)(H2,17,19,20). The summed E-state index contributed by atoms with van der Waals surface area (Å²) in [6, 6.07) is 8.96. The predicted octanol–water partition coefficient (Wildman–Crippen LogP) is 1.03. The number of carbonyl (C=O) groups excluding carboxylic acids is 1. The minimum Gasteiger partial charge on any atom is -0.454 e. The minimum atomic E-state index is -0.582. The number of pyridine rings is 1. The number of rotatable bonds is 6. The maximum Gasteiger partial charge on any atom is 0.284 e. The average Bonchev–Trinajstić information content (AvgIpc) is 3.00. The average molecular weight is 301 g/mol. The molecule has 1 amide bonds. The van der Waals surface area contributed by atoms with Gasteiger partial charge in [-0.15, -0.1) is 0 Å². The van der Waals surface area contributed by atoms with Gasteiger partial charge in [-0.05, 0) is 31.2 Å². The summed E-state index contributed by atoms with van der Waals surface area (Å²) in [5.41, 5.74) is 6.03. The number of furan rings is 1. The molecule has 116 valence electrons. The normalized spacial score (nSPS) is 11.2. The highest BCUT2D eigenvalue weighted by atomic mass is 16.3. The molecule has 0 bridgehead atoms. The number of hydrogen-bond donors (Lipinski definition) is 3. The fourth-order valence-electron chi connectivity index (χ4n) is 1.77. The van der Waals surface area contributed by atoms with E-state index in [2.05, 4.69) is 20.6 Å². The molecule has 2 rings (SSSR count). The van der Waals surface area contributed by atoms with Crippen molar-refractivity contribution in [2.75, 3.05) is 6.54 Å². The lowest BCUT2D eigenvalue weighted by Gasteiger charge is -2.09. The van der Waals surface area contributed by atoms with Crippen molar-refractivity contribution in [2.24, 2.45) is 10.7 Å². The second-order valence-electron chi connectivity index (χ2n) is 4.50. The molecular weight excluding hydrogens is 282 g/mol. The maximum absolute atomic E-state index is 11.0. The van der Waals surface area contributed by atoms with E-state index in [4.69, 9.17) is 10.2 Å². The molecule has 0 radical (unpaired) electrons. The SMILES string of the molecule is CCNC(=NCc1ccccn1)NCc1ccc(C(N)=O)o1. The highest BCUT2D eigenvalue weighted by Crippen LogP contribution is 2.06. The Morgan fingerprint density at radius 1 is 1.32 bits per heavy atom. The molecular formula is C15H19N5O2. The van der Waals surface area contributed by atoms with Gasteiger partial charge in [0, 0.05) is 12.7 Å². The number of primary amides is 1. The van der Waals surface area contributed by atoms with Crippen LogP contribution in [0.1, 0.15) is 28.9 Å². The van der Waals surface area contributed by atoms with Gasteiger partial charge in [0.2, 0.25) is 0 Å². The number of aliphatic imine (C=N–C) groups is 1. The van der Waals surface area contributed by atoms with E-state index in [9.17, 15) is 4.79 Å². The van der Waals surface area contributed by atoms with E-state index >= 15 is 0 Å². The van der Waals surface area contributed by atoms with Gasteiger partial charge in [0.25, 0.3) is 5.91 Å². The molecule has 0 aliphatic heterocycles. The molecule has 2 heterocycles. The van der Waals surface area contributed by atoms with Gasteiger partial charge in [0.05, 0.1) is 18.8 Å². The van der Waals surface area contributed by atoms with Crippen molar-refractivity contribution in [3.63, 3.8) is 0 Å². The van der Waals surface area contributed by atoms with Crippen LogP contribution >= 0.6 is 0 Å². The van der Waals surface area contributed by atoms with Crippen molar-refractivity contribution in [1.82, 2.24) is 15.6 Å². The lowest BCUT2D eigenvalue weighted by molar-refractivity contribution is 0.0972. The number of nitrogens with zero attached hydrogens (tertiary/aromatic N) is 2. The summed E-state index contributed by atoms with van der Waals surface area (Å²) in [6.45, 7) is 3.59. The molecule has 2 aromatic rings. The van der Waals surface area contributed by atoms with Gasteiger partial charge in [0.1, 0.15) is 5.76 Å². The summed E-state index contributed by atoms with van der Waals surface area (Å²) < 4.78 is 5.30. The van der Waals surface area contributed by atoms with Gasteiger partial charge in [-0.25, -0.2) is 4.99 Å². The molecule has 0 aliphatic carbocycles. The second-order valence-corrected chi connectivity index (χ2v) is 4.50. The third-order valence-corrected chi connectivity index (χ3v) is 2.80. The molecule has 0 aromatic carbocycles. The Morgan fingerprint density at radius 3 is 2.82 bits per heavy atom. The van der Waals surface area contributed by atoms with Crippen molar-refractivity contribution in [3.8, 4) is 0 Å². The van der Waals surface area contributed by atoms with Crippen LogP contribution in [0, 0.1) is 0 Å². The fourth-order valence-corrected chi connectivity index (χ4v) is 1.77. The molecule has 0 aliphatic rings. The number of guanidine groups is 1. The number of nitrogens with one attached hydrogen (secondary N) is 2. The van der Waals surface area contributed by atoms with E-state index < -0.39 is 5.91 Å². The van der Waals surface area contributed by atoms with Gasteiger partial charge in [-0.2, -0.15) is 0 Å². The first-order valence-electron chi connectivity index (χ1n) is 6.99. The van der Waals surface area contributed by atoms with Gasteiger partial charge in [0.15, 0.2) is 11.7 Å². The molecule has 0 atom stereocenters. The van der Waals surface area contributed by atoms with E-state index in [0.717, 1.165) is 12.2 Å². The first-order valence-corrected chi connectivity index (χ1v) is 6.99. The van der Waals surface area contributed by atoms with Crippen LogP contribution in [-0.2, 0) is 13.1 Å². The molecule has 0 fully saturated rings. The Balaban J connectivity index is 1.94. The zero-order valence-corrected chi connectivity index (χ0v) is 12.4. The third kappa shape index (κ3) is 4.62. The summed E-state index contributed by atoms with van der Waals surface area (Å²) >= 11 is 0. The molecule has 2 aromatic heterocycles. The van der Waals surface area contributed by atoms with Crippen LogP contribution in [0.5, 0.6) is 0 Å². The van der Waals surface area contributed by atoms with Crippen LogP contribution in [0.4, 0.5) is 0 Å². The van der Waals surface area contributed by atoms with Gasteiger partial charge in [-0.1, -0.05) is 6.07 Å². The van der Waals surface area contributed by atoms with Crippen LogP contribution in [0.25, 0.3) is 0 Å². The molecule has 7 heteroatoms. The first-order chi connectivity index (χ1) is 10.7.